The summed E-state index contributed by atoms with van der Waals surface area (Å²) < 4.78 is 0. The van der Waals surface area contributed by atoms with E-state index in [4.69, 9.17) is 0 Å². The number of aromatic nitrogens is 1. The fraction of sp³-hybridized carbons (Fsp3) is 0.500. The second kappa shape index (κ2) is 5.92. The van der Waals surface area contributed by atoms with Gasteiger partial charge in [-0.3, -0.25) is 4.98 Å². The molecule has 2 aromatic rings. The maximum Gasteiger partial charge on any atom is 0.0705 e. The third kappa shape index (κ3) is 2.57. The maximum absolute atomic E-state index is 4.43. The van der Waals surface area contributed by atoms with Crippen LogP contribution in [0.5, 0.6) is 0 Å². The number of fused-ring (bicyclic) bond motifs is 1. The summed E-state index contributed by atoms with van der Waals surface area (Å²) in [6.07, 6.45) is 5.94. The standard InChI is InChI=1S/C18H24N2/c1-3-14-8-9-17(13(14)2)20-12-15-10-11-19-18-7-5-4-6-16(15)18/h4-7,10-11,13-14,17,20H,3,8-9,12H2,1-2H3. The van der Waals surface area contributed by atoms with Crippen molar-refractivity contribution in [3.05, 3.63) is 42.1 Å². The largest absolute Gasteiger partial charge is 0.310 e. The number of benzene rings is 1. The van der Waals surface area contributed by atoms with Crippen LogP contribution in [-0.2, 0) is 6.54 Å². The summed E-state index contributed by atoms with van der Waals surface area (Å²) in [5.74, 6) is 1.70. The van der Waals surface area contributed by atoms with Crippen molar-refractivity contribution < 1.29 is 0 Å². The van der Waals surface area contributed by atoms with Crippen LogP contribution in [0.15, 0.2) is 36.5 Å². The number of nitrogens with one attached hydrogen (secondary N) is 1. The van der Waals surface area contributed by atoms with Crippen molar-refractivity contribution in [2.75, 3.05) is 0 Å². The van der Waals surface area contributed by atoms with Gasteiger partial charge in [-0.25, -0.2) is 0 Å². The number of nitrogens with zero attached hydrogens (tertiary/aromatic N) is 1. The molecule has 3 atom stereocenters. The summed E-state index contributed by atoms with van der Waals surface area (Å²) >= 11 is 0. The highest BCUT2D eigenvalue weighted by Crippen LogP contribution is 2.34. The lowest BCUT2D eigenvalue weighted by Gasteiger charge is -2.21. The van der Waals surface area contributed by atoms with E-state index in [0.29, 0.717) is 6.04 Å². The Kier molecular flexibility index (Phi) is 4.02. The molecule has 1 aliphatic rings. The van der Waals surface area contributed by atoms with Crippen LogP contribution in [0.4, 0.5) is 0 Å². The predicted molar refractivity (Wildman–Crippen MR) is 84.5 cm³/mol. The second-order valence-corrected chi connectivity index (χ2v) is 6.08. The van der Waals surface area contributed by atoms with Crippen LogP contribution in [-0.4, -0.2) is 11.0 Å². The van der Waals surface area contributed by atoms with E-state index < -0.39 is 0 Å². The molecule has 3 unspecified atom stereocenters. The van der Waals surface area contributed by atoms with Crippen LogP contribution in [0.3, 0.4) is 0 Å². The zero-order valence-electron chi connectivity index (χ0n) is 12.5. The Morgan fingerprint density at radius 1 is 1.20 bits per heavy atom. The molecule has 0 bridgehead atoms. The van der Waals surface area contributed by atoms with Gasteiger partial charge in [0.25, 0.3) is 0 Å². The molecular weight excluding hydrogens is 244 g/mol. The van der Waals surface area contributed by atoms with Crippen molar-refractivity contribution in [2.45, 2.75) is 45.7 Å². The van der Waals surface area contributed by atoms with Crippen LogP contribution in [0.1, 0.15) is 38.7 Å². The summed E-state index contributed by atoms with van der Waals surface area (Å²) in [6.45, 7) is 5.68. The van der Waals surface area contributed by atoms with E-state index in [-0.39, 0.29) is 0 Å². The monoisotopic (exact) mass is 268 g/mol. The van der Waals surface area contributed by atoms with Crippen molar-refractivity contribution in [1.29, 1.82) is 0 Å². The first-order chi connectivity index (χ1) is 9.79. The highest BCUT2D eigenvalue weighted by molar-refractivity contribution is 5.81. The minimum Gasteiger partial charge on any atom is -0.310 e. The summed E-state index contributed by atoms with van der Waals surface area (Å²) in [7, 11) is 0. The first-order valence-electron chi connectivity index (χ1n) is 7.85. The van der Waals surface area contributed by atoms with E-state index in [0.717, 1.165) is 23.9 Å². The van der Waals surface area contributed by atoms with E-state index in [1.165, 1.54) is 30.2 Å². The average Bonchev–Trinajstić information content (AvgIpc) is 2.85. The van der Waals surface area contributed by atoms with Gasteiger partial charge in [-0.05, 0) is 42.4 Å². The third-order valence-electron chi connectivity index (χ3n) is 5.05. The molecule has 3 rings (SSSR count). The van der Waals surface area contributed by atoms with Gasteiger partial charge in [0, 0.05) is 24.2 Å². The molecule has 2 nitrogen and oxygen atoms in total. The zero-order chi connectivity index (χ0) is 13.9. The summed E-state index contributed by atoms with van der Waals surface area (Å²) in [5, 5.41) is 5.05. The van der Waals surface area contributed by atoms with Gasteiger partial charge in [-0.1, -0.05) is 38.5 Å². The Hall–Kier alpha value is -1.41. The quantitative estimate of drug-likeness (QED) is 0.901. The Bertz CT molecular complexity index is 573. The van der Waals surface area contributed by atoms with Gasteiger partial charge in [0.2, 0.25) is 0 Å². The van der Waals surface area contributed by atoms with E-state index in [2.05, 4.69) is 54.5 Å². The second-order valence-electron chi connectivity index (χ2n) is 6.08. The average molecular weight is 268 g/mol. The molecule has 0 radical (unpaired) electrons. The van der Waals surface area contributed by atoms with Gasteiger partial charge in [0.15, 0.2) is 0 Å². The Balaban J connectivity index is 1.72. The molecule has 1 heterocycles. The molecule has 0 amide bonds. The third-order valence-corrected chi connectivity index (χ3v) is 5.05. The molecular formula is C18H24N2. The maximum atomic E-state index is 4.43. The van der Waals surface area contributed by atoms with Gasteiger partial charge in [-0.15, -0.1) is 0 Å². The number of hydrogen-bond acceptors (Lipinski definition) is 2. The molecule has 1 N–H and O–H groups in total. The van der Waals surface area contributed by atoms with Crippen molar-refractivity contribution in [3.63, 3.8) is 0 Å². The zero-order valence-corrected chi connectivity index (χ0v) is 12.5. The van der Waals surface area contributed by atoms with Crippen molar-refractivity contribution >= 4 is 10.9 Å². The fourth-order valence-corrected chi connectivity index (χ4v) is 3.66. The lowest BCUT2D eigenvalue weighted by Crippen LogP contribution is -2.32. The van der Waals surface area contributed by atoms with Gasteiger partial charge in [-0.2, -0.15) is 0 Å². The number of pyridine rings is 1. The molecule has 1 aromatic carbocycles. The summed E-state index contributed by atoms with van der Waals surface area (Å²) in [6, 6.07) is 11.2. The Labute approximate surface area is 121 Å². The first kappa shape index (κ1) is 13.6. The van der Waals surface area contributed by atoms with Crippen LogP contribution >= 0.6 is 0 Å². The molecule has 1 aromatic heterocycles. The van der Waals surface area contributed by atoms with Crippen molar-refractivity contribution in [3.8, 4) is 0 Å². The molecule has 1 fully saturated rings. The van der Waals surface area contributed by atoms with Gasteiger partial charge in [0.05, 0.1) is 5.52 Å². The summed E-state index contributed by atoms with van der Waals surface area (Å²) in [5.41, 5.74) is 2.46. The lowest BCUT2D eigenvalue weighted by atomic mass is 9.93. The summed E-state index contributed by atoms with van der Waals surface area (Å²) in [4.78, 5) is 4.43. The first-order valence-corrected chi connectivity index (χ1v) is 7.85. The number of hydrogen-bond donors (Lipinski definition) is 1. The fourth-order valence-electron chi connectivity index (χ4n) is 3.66. The van der Waals surface area contributed by atoms with Crippen LogP contribution in [0.25, 0.3) is 10.9 Å². The number of rotatable bonds is 4. The molecule has 0 spiro atoms. The predicted octanol–water partition coefficient (Wildman–Crippen LogP) is 4.15. The van der Waals surface area contributed by atoms with Crippen LogP contribution < -0.4 is 5.32 Å². The van der Waals surface area contributed by atoms with Gasteiger partial charge in [0.1, 0.15) is 0 Å². The lowest BCUT2D eigenvalue weighted by molar-refractivity contribution is 0.344. The van der Waals surface area contributed by atoms with Crippen LogP contribution in [0, 0.1) is 11.8 Å². The Morgan fingerprint density at radius 2 is 2.05 bits per heavy atom. The van der Waals surface area contributed by atoms with Gasteiger partial charge >= 0.3 is 0 Å². The van der Waals surface area contributed by atoms with Crippen LogP contribution in [0.2, 0.25) is 0 Å². The van der Waals surface area contributed by atoms with E-state index >= 15 is 0 Å². The molecule has 0 aliphatic heterocycles. The highest BCUT2D eigenvalue weighted by atomic mass is 14.9. The number of para-hydroxylation sites is 1. The molecule has 106 valence electrons. The van der Waals surface area contributed by atoms with Crippen molar-refractivity contribution in [1.82, 2.24) is 10.3 Å². The van der Waals surface area contributed by atoms with Gasteiger partial charge < -0.3 is 5.32 Å². The Morgan fingerprint density at radius 3 is 2.85 bits per heavy atom. The molecule has 2 heteroatoms. The minimum absolute atomic E-state index is 0.673. The smallest absolute Gasteiger partial charge is 0.0705 e. The van der Waals surface area contributed by atoms with E-state index in [1.807, 2.05) is 6.20 Å². The normalized spacial score (nSPS) is 26.2. The van der Waals surface area contributed by atoms with Crippen molar-refractivity contribution in [2.24, 2.45) is 11.8 Å². The topological polar surface area (TPSA) is 24.9 Å². The molecule has 1 saturated carbocycles. The molecule has 20 heavy (non-hydrogen) atoms. The van der Waals surface area contributed by atoms with E-state index in [9.17, 15) is 0 Å². The highest BCUT2D eigenvalue weighted by Gasteiger charge is 2.30. The molecule has 1 aliphatic carbocycles. The minimum atomic E-state index is 0.673. The molecule has 0 saturated heterocycles. The SMILES string of the molecule is CCC1CCC(NCc2ccnc3ccccc23)C1C. The van der Waals surface area contributed by atoms with E-state index in [1.54, 1.807) is 0 Å².